The largest absolute Gasteiger partial charge is 0.506 e. The highest BCUT2D eigenvalue weighted by Crippen LogP contribution is 2.41. The summed E-state index contributed by atoms with van der Waals surface area (Å²) >= 11 is 1.20. The minimum atomic E-state index is -0.628. The number of benzene rings is 2. The SMILES string of the molecule is CCOC(=O)Cn1cc(/C=C2\SC(=Nc3ccc(C)cc3)C(C(=O)OCC)=C2O)c2ccccc21. The number of nitrogens with zero attached hydrogens (tertiary/aromatic N) is 2. The molecule has 35 heavy (non-hydrogen) atoms. The number of ether oxygens (including phenoxy) is 2. The number of fused-ring (bicyclic) bond motifs is 1. The summed E-state index contributed by atoms with van der Waals surface area (Å²) in [6.45, 7) is 6.02. The molecule has 0 atom stereocenters. The highest BCUT2D eigenvalue weighted by atomic mass is 32.2. The predicted octanol–water partition coefficient (Wildman–Crippen LogP) is 5.71. The fraction of sp³-hybridized carbons (Fsp3) is 0.222. The highest BCUT2D eigenvalue weighted by molar-refractivity contribution is 8.18. The average Bonchev–Trinajstić information content (AvgIpc) is 3.33. The first-order valence-corrected chi connectivity index (χ1v) is 12.1. The lowest BCUT2D eigenvalue weighted by molar-refractivity contribution is -0.143. The van der Waals surface area contributed by atoms with Crippen LogP contribution in [0.25, 0.3) is 17.0 Å². The standard InChI is InChI=1S/C27H26N2O5S/c1-4-33-23(30)16-29-15-18(20-8-6-7-9-21(20)29)14-22-25(31)24(27(32)34-5-2)26(35-22)28-19-12-10-17(3)11-13-19/h6-15,31H,4-5,16H2,1-3H3/b22-14-,28-26?. The first-order chi connectivity index (χ1) is 16.9. The Morgan fingerprint density at radius 2 is 1.77 bits per heavy atom. The Hall–Kier alpha value is -3.78. The van der Waals surface area contributed by atoms with E-state index in [2.05, 4.69) is 4.99 Å². The second-order valence-corrected chi connectivity index (χ2v) is 8.87. The van der Waals surface area contributed by atoms with Crippen LogP contribution in [-0.2, 0) is 25.6 Å². The number of rotatable bonds is 7. The molecule has 1 aliphatic heterocycles. The molecule has 4 rings (SSSR count). The molecule has 0 saturated heterocycles. The molecule has 0 fully saturated rings. The van der Waals surface area contributed by atoms with Crippen molar-refractivity contribution in [1.82, 2.24) is 4.57 Å². The Balaban J connectivity index is 1.77. The Kier molecular flexibility index (Phi) is 7.41. The second-order valence-electron chi connectivity index (χ2n) is 7.84. The van der Waals surface area contributed by atoms with Crippen LogP contribution in [0.3, 0.4) is 0 Å². The third-order valence-corrected chi connectivity index (χ3v) is 6.37. The molecule has 8 heteroatoms. The van der Waals surface area contributed by atoms with Gasteiger partial charge in [-0.15, -0.1) is 0 Å². The van der Waals surface area contributed by atoms with Gasteiger partial charge in [-0.3, -0.25) is 4.79 Å². The summed E-state index contributed by atoms with van der Waals surface area (Å²) in [4.78, 5) is 29.9. The number of aliphatic hydroxyl groups is 1. The van der Waals surface area contributed by atoms with E-state index in [9.17, 15) is 14.7 Å². The molecular formula is C27H26N2O5S. The van der Waals surface area contributed by atoms with Crippen LogP contribution in [0.15, 0.2) is 76.0 Å². The van der Waals surface area contributed by atoms with Crippen molar-refractivity contribution in [2.24, 2.45) is 4.99 Å². The van der Waals surface area contributed by atoms with Crippen molar-refractivity contribution in [3.05, 3.63) is 82.1 Å². The number of para-hydroxylation sites is 1. The number of esters is 2. The zero-order valence-electron chi connectivity index (χ0n) is 19.8. The lowest BCUT2D eigenvalue weighted by Crippen LogP contribution is -2.12. The molecular weight excluding hydrogens is 464 g/mol. The normalized spacial score (nSPS) is 15.9. The molecule has 0 radical (unpaired) electrons. The van der Waals surface area contributed by atoms with Crippen molar-refractivity contribution in [3.63, 3.8) is 0 Å². The zero-order chi connectivity index (χ0) is 24.9. The van der Waals surface area contributed by atoms with Gasteiger partial charge in [-0.2, -0.15) is 0 Å². The first kappa shape index (κ1) is 24.3. The average molecular weight is 491 g/mol. The van der Waals surface area contributed by atoms with Crippen molar-refractivity contribution < 1.29 is 24.2 Å². The first-order valence-electron chi connectivity index (χ1n) is 11.3. The summed E-state index contributed by atoms with van der Waals surface area (Å²) in [5.41, 5.74) is 3.45. The van der Waals surface area contributed by atoms with E-state index in [4.69, 9.17) is 9.47 Å². The van der Waals surface area contributed by atoms with Crippen molar-refractivity contribution in [2.75, 3.05) is 13.2 Å². The van der Waals surface area contributed by atoms with E-state index in [1.54, 1.807) is 19.9 Å². The van der Waals surface area contributed by atoms with Crippen molar-refractivity contribution in [1.29, 1.82) is 0 Å². The fourth-order valence-electron chi connectivity index (χ4n) is 3.74. The molecule has 0 saturated carbocycles. The lowest BCUT2D eigenvalue weighted by atomic mass is 10.1. The number of aliphatic imine (C=N–C) groups is 1. The van der Waals surface area contributed by atoms with E-state index in [1.165, 1.54) is 11.8 Å². The minimum absolute atomic E-state index is 0.0407. The summed E-state index contributed by atoms with van der Waals surface area (Å²) in [7, 11) is 0. The maximum Gasteiger partial charge on any atom is 0.344 e. The van der Waals surface area contributed by atoms with Crippen LogP contribution in [0.2, 0.25) is 0 Å². The van der Waals surface area contributed by atoms with Crippen LogP contribution < -0.4 is 0 Å². The Morgan fingerprint density at radius 1 is 1.06 bits per heavy atom. The van der Waals surface area contributed by atoms with E-state index in [1.807, 2.05) is 66.2 Å². The molecule has 180 valence electrons. The van der Waals surface area contributed by atoms with Gasteiger partial charge in [0.15, 0.2) is 0 Å². The molecule has 2 heterocycles. The number of aliphatic hydroxyl groups excluding tert-OH is 1. The van der Waals surface area contributed by atoms with Gasteiger partial charge >= 0.3 is 11.9 Å². The van der Waals surface area contributed by atoms with Gasteiger partial charge in [0.25, 0.3) is 0 Å². The number of hydrogen-bond donors (Lipinski definition) is 1. The van der Waals surface area contributed by atoms with E-state index in [0.29, 0.717) is 22.2 Å². The highest BCUT2D eigenvalue weighted by Gasteiger charge is 2.33. The monoisotopic (exact) mass is 490 g/mol. The molecule has 3 aromatic rings. The van der Waals surface area contributed by atoms with Crippen LogP contribution in [0, 0.1) is 6.92 Å². The van der Waals surface area contributed by atoms with Gasteiger partial charge in [0, 0.05) is 22.7 Å². The molecule has 0 unspecified atom stereocenters. The van der Waals surface area contributed by atoms with Gasteiger partial charge < -0.3 is 19.1 Å². The fourth-order valence-corrected chi connectivity index (χ4v) is 4.76. The molecule has 2 aromatic carbocycles. The van der Waals surface area contributed by atoms with Crippen LogP contribution in [0.5, 0.6) is 0 Å². The van der Waals surface area contributed by atoms with Crippen molar-refractivity contribution in [3.8, 4) is 0 Å². The molecule has 1 aromatic heterocycles. The summed E-state index contributed by atoms with van der Waals surface area (Å²) in [5.74, 6) is -1.14. The predicted molar refractivity (Wildman–Crippen MR) is 139 cm³/mol. The van der Waals surface area contributed by atoms with Gasteiger partial charge in [0.05, 0.1) is 23.8 Å². The van der Waals surface area contributed by atoms with E-state index in [-0.39, 0.29) is 30.5 Å². The number of aryl methyl sites for hydroxylation is 1. The Morgan fingerprint density at radius 3 is 2.49 bits per heavy atom. The minimum Gasteiger partial charge on any atom is -0.506 e. The molecule has 0 aliphatic carbocycles. The number of aromatic nitrogens is 1. The van der Waals surface area contributed by atoms with Gasteiger partial charge in [-0.05, 0) is 45.0 Å². The summed E-state index contributed by atoms with van der Waals surface area (Å²) in [6, 6.07) is 15.2. The van der Waals surface area contributed by atoms with E-state index < -0.39 is 5.97 Å². The Bertz CT molecular complexity index is 1370. The number of carbonyl (C=O) groups excluding carboxylic acids is 2. The van der Waals surface area contributed by atoms with Gasteiger partial charge in [-0.1, -0.05) is 47.7 Å². The van der Waals surface area contributed by atoms with Crippen LogP contribution in [-0.4, -0.2) is 39.9 Å². The third-order valence-electron chi connectivity index (χ3n) is 5.35. The summed E-state index contributed by atoms with van der Waals surface area (Å²) in [5, 5.41) is 12.3. The smallest absolute Gasteiger partial charge is 0.344 e. The molecule has 0 bridgehead atoms. The van der Waals surface area contributed by atoms with Crippen molar-refractivity contribution in [2.45, 2.75) is 27.3 Å². The number of carbonyl (C=O) groups is 2. The third kappa shape index (κ3) is 5.33. The van der Waals surface area contributed by atoms with E-state index >= 15 is 0 Å². The van der Waals surface area contributed by atoms with Gasteiger partial charge in [-0.25, -0.2) is 9.79 Å². The van der Waals surface area contributed by atoms with Gasteiger partial charge in [0.1, 0.15) is 22.9 Å². The topological polar surface area (TPSA) is 90.1 Å². The summed E-state index contributed by atoms with van der Waals surface area (Å²) in [6.07, 6.45) is 3.63. The molecule has 7 nitrogen and oxygen atoms in total. The number of thioether (sulfide) groups is 1. The molecule has 1 N–H and O–H groups in total. The van der Waals surface area contributed by atoms with Crippen LogP contribution >= 0.6 is 11.8 Å². The van der Waals surface area contributed by atoms with Gasteiger partial charge in [0.2, 0.25) is 0 Å². The van der Waals surface area contributed by atoms with Crippen molar-refractivity contribution >= 4 is 51.4 Å². The van der Waals surface area contributed by atoms with Crippen LogP contribution in [0.4, 0.5) is 5.69 Å². The lowest BCUT2D eigenvalue weighted by Gasteiger charge is -2.04. The maximum absolute atomic E-state index is 12.7. The molecule has 0 spiro atoms. The zero-order valence-corrected chi connectivity index (χ0v) is 20.6. The summed E-state index contributed by atoms with van der Waals surface area (Å²) < 4.78 is 12.1. The quantitative estimate of drug-likeness (QED) is 0.427. The molecule has 1 aliphatic rings. The number of hydrogen-bond acceptors (Lipinski definition) is 7. The maximum atomic E-state index is 12.7. The second kappa shape index (κ2) is 10.7. The Labute approximate surface area is 207 Å². The van der Waals surface area contributed by atoms with E-state index in [0.717, 1.165) is 22.0 Å². The van der Waals surface area contributed by atoms with Crippen LogP contribution in [0.1, 0.15) is 25.0 Å². The molecule has 0 amide bonds.